The van der Waals surface area contributed by atoms with Gasteiger partial charge in [-0.1, -0.05) is 29.5 Å². The fraction of sp³-hybridized carbons (Fsp3) is 0.0385. The molecule has 0 atom stereocenters. The zero-order valence-corrected chi connectivity index (χ0v) is 21.1. The molecule has 0 spiro atoms. The highest BCUT2D eigenvalue weighted by Crippen LogP contribution is 2.28. The Morgan fingerprint density at radius 3 is 2.21 bits per heavy atom. The molecule has 1 amide bonds. The Morgan fingerprint density at radius 2 is 1.59 bits per heavy atom. The Morgan fingerprint density at radius 1 is 0.974 bits per heavy atom. The van der Waals surface area contributed by atoms with Crippen LogP contribution in [0.3, 0.4) is 0 Å². The molecule has 1 heterocycles. The molecule has 12 nitrogen and oxygen atoms in total. The maximum Gasteiger partial charge on any atom is 0.275 e. The number of rotatable bonds is 9. The number of non-ortho nitro benzene ring substituents is 2. The van der Waals surface area contributed by atoms with E-state index >= 15 is 0 Å². The number of hydrogen-bond acceptors (Lipinski definition) is 10. The van der Waals surface area contributed by atoms with Crippen LogP contribution in [0, 0.1) is 27.2 Å². The number of phenols is 1. The fourth-order valence-electron chi connectivity index (χ4n) is 3.36. The van der Waals surface area contributed by atoms with Gasteiger partial charge in [0.25, 0.3) is 17.3 Å². The van der Waals surface area contributed by atoms with Crippen molar-refractivity contribution in [3.63, 3.8) is 0 Å². The Bertz CT molecular complexity index is 1600. The summed E-state index contributed by atoms with van der Waals surface area (Å²) < 4.78 is 0. The molecule has 0 aliphatic heterocycles. The van der Waals surface area contributed by atoms with Gasteiger partial charge in [0, 0.05) is 30.0 Å². The van der Waals surface area contributed by atoms with Crippen LogP contribution in [0.25, 0.3) is 6.08 Å². The third-order valence-corrected chi connectivity index (χ3v) is 6.42. The predicted molar refractivity (Wildman–Crippen MR) is 147 cm³/mol. The van der Waals surface area contributed by atoms with Gasteiger partial charge in [0.05, 0.1) is 26.0 Å². The number of hydrazone groups is 1. The largest absolute Gasteiger partial charge is 0.507 e. The minimum absolute atomic E-state index is 0.0393. The number of para-hydroxylation sites is 1. The number of hydrogen-bond donors (Lipinski definition) is 3. The Hall–Kier alpha value is -5.43. The van der Waals surface area contributed by atoms with Crippen molar-refractivity contribution in [3.8, 4) is 5.75 Å². The van der Waals surface area contributed by atoms with Gasteiger partial charge in [-0.15, -0.1) is 0 Å². The van der Waals surface area contributed by atoms with Crippen LogP contribution >= 0.6 is 11.3 Å². The lowest BCUT2D eigenvalue weighted by Gasteiger charge is -2.05. The summed E-state index contributed by atoms with van der Waals surface area (Å²) in [6.07, 6.45) is 3.31. The van der Waals surface area contributed by atoms with Gasteiger partial charge in [-0.05, 0) is 55.0 Å². The third-order valence-electron chi connectivity index (χ3n) is 5.32. The molecule has 0 radical (unpaired) electrons. The number of carbonyl (C=O) groups is 1. The van der Waals surface area contributed by atoms with Crippen molar-refractivity contribution in [1.29, 1.82) is 0 Å². The number of nitro benzene ring substituents is 2. The molecule has 4 rings (SSSR count). The van der Waals surface area contributed by atoms with E-state index in [0.29, 0.717) is 32.7 Å². The number of phenolic OH excluding ortho intramolecular Hbond substituents is 1. The second-order valence-corrected chi connectivity index (χ2v) is 9.00. The molecule has 3 N–H and O–H groups in total. The average Bonchev–Trinajstić information content (AvgIpc) is 3.28. The summed E-state index contributed by atoms with van der Waals surface area (Å²) in [7, 11) is 0. The number of nitrogens with one attached hydrogen (secondary N) is 2. The molecule has 0 aliphatic carbocycles. The highest BCUT2D eigenvalue weighted by atomic mass is 32.1. The maximum atomic E-state index is 12.6. The van der Waals surface area contributed by atoms with Gasteiger partial charge in [0.15, 0.2) is 5.13 Å². The van der Waals surface area contributed by atoms with E-state index in [2.05, 4.69) is 20.8 Å². The summed E-state index contributed by atoms with van der Waals surface area (Å²) in [5.74, 6) is -0.822. The molecule has 0 fully saturated rings. The zero-order valence-electron chi connectivity index (χ0n) is 20.3. The molecule has 13 heteroatoms. The molecular weight excluding hydrogens is 524 g/mol. The van der Waals surface area contributed by atoms with Gasteiger partial charge >= 0.3 is 0 Å². The van der Waals surface area contributed by atoms with Crippen molar-refractivity contribution < 1.29 is 19.7 Å². The van der Waals surface area contributed by atoms with Gasteiger partial charge in [-0.25, -0.2) is 10.4 Å². The van der Waals surface area contributed by atoms with E-state index in [1.807, 2.05) is 0 Å². The van der Waals surface area contributed by atoms with Crippen LogP contribution in [0.5, 0.6) is 5.75 Å². The molecule has 3 aromatic carbocycles. The first-order valence-electron chi connectivity index (χ1n) is 11.3. The van der Waals surface area contributed by atoms with Crippen LogP contribution in [-0.2, 0) is 0 Å². The van der Waals surface area contributed by atoms with Crippen LogP contribution < -0.4 is 10.7 Å². The summed E-state index contributed by atoms with van der Waals surface area (Å²) >= 11 is 1.24. The summed E-state index contributed by atoms with van der Waals surface area (Å²) in [5.41, 5.74) is 4.58. The average molecular weight is 545 g/mol. The first-order chi connectivity index (χ1) is 18.7. The number of anilines is 2. The zero-order chi connectivity index (χ0) is 27.9. The number of aryl methyl sites for hydroxylation is 1. The minimum atomic E-state index is -0.624. The molecular formula is C26H20N6O6S. The molecule has 39 heavy (non-hydrogen) atoms. The predicted octanol–water partition coefficient (Wildman–Crippen LogP) is 5.56. The molecule has 0 unspecified atom stereocenters. The summed E-state index contributed by atoms with van der Waals surface area (Å²) in [6.45, 7) is 1.76. The van der Waals surface area contributed by atoms with E-state index in [0.717, 1.165) is 0 Å². The van der Waals surface area contributed by atoms with E-state index in [9.17, 15) is 30.1 Å². The van der Waals surface area contributed by atoms with Crippen LogP contribution in [0.15, 0.2) is 84.0 Å². The normalized spacial score (nSPS) is 11.4. The van der Waals surface area contributed by atoms with Gasteiger partial charge < -0.3 is 10.4 Å². The molecule has 0 saturated heterocycles. The minimum Gasteiger partial charge on any atom is -0.507 e. The summed E-state index contributed by atoms with van der Waals surface area (Å²) in [4.78, 5) is 38.6. The van der Waals surface area contributed by atoms with Crippen molar-refractivity contribution in [3.05, 3.63) is 121 Å². The van der Waals surface area contributed by atoms with Crippen LogP contribution in [0.2, 0.25) is 0 Å². The highest BCUT2D eigenvalue weighted by Gasteiger charge is 2.15. The maximum absolute atomic E-state index is 12.6. The number of nitro groups is 2. The standard InChI is InChI=1S/C26H20N6O6S/c1-16-24(39-26(27-16)28-18-9-13-20(14-10-18)32(37)38)22(15-8-17-6-11-19(12-7-17)31(35)36)29-30-25(34)21-4-2-3-5-23(21)33/h2-15,33H,1H3,(H,27,28)(H,30,34)/b15-8+,29-22-. The third kappa shape index (κ3) is 6.67. The molecule has 4 aromatic rings. The molecule has 0 saturated carbocycles. The van der Waals surface area contributed by atoms with Crippen LogP contribution in [0.4, 0.5) is 22.2 Å². The fourth-order valence-corrected chi connectivity index (χ4v) is 4.32. The van der Waals surface area contributed by atoms with E-state index in [-0.39, 0.29) is 22.7 Å². The van der Waals surface area contributed by atoms with E-state index in [1.54, 1.807) is 55.5 Å². The quantitative estimate of drug-likeness (QED) is 0.139. The van der Waals surface area contributed by atoms with Gasteiger partial charge in [0.2, 0.25) is 0 Å². The second kappa shape index (κ2) is 11.7. The van der Waals surface area contributed by atoms with Crippen molar-refractivity contribution in [1.82, 2.24) is 10.4 Å². The first-order valence-corrected chi connectivity index (χ1v) is 12.1. The topological polar surface area (TPSA) is 173 Å². The van der Waals surface area contributed by atoms with E-state index < -0.39 is 15.8 Å². The monoisotopic (exact) mass is 544 g/mol. The van der Waals surface area contributed by atoms with Gasteiger partial charge in [0.1, 0.15) is 11.5 Å². The first kappa shape index (κ1) is 26.6. The van der Waals surface area contributed by atoms with Crippen molar-refractivity contribution in [2.24, 2.45) is 5.10 Å². The SMILES string of the molecule is Cc1nc(Nc2ccc([N+](=O)[O-])cc2)sc1C(/C=C/c1ccc([N+](=O)[O-])cc1)=N\NC(=O)c1ccccc1O. The Balaban J connectivity index is 1.63. The number of carbonyl (C=O) groups excluding carboxylic acids is 1. The molecule has 196 valence electrons. The van der Waals surface area contributed by atoms with Crippen molar-refractivity contribution in [2.45, 2.75) is 6.92 Å². The summed E-state index contributed by atoms with van der Waals surface area (Å²) in [6, 6.07) is 17.8. The van der Waals surface area contributed by atoms with Crippen molar-refractivity contribution >= 4 is 51.2 Å². The lowest BCUT2D eigenvalue weighted by molar-refractivity contribution is -0.385. The lowest BCUT2D eigenvalue weighted by atomic mass is 10.1. The number of aromatic nitrogens is 1. The smallest absolute Gasteiger partial charge is 0.275 e. The number of nitrogens with zero attached hydrogens (tertiary/aromatic N) is 4. The van der Waals surface area contributed by atoms with E-state index in [4.69, 9.17) is 0 Å². The van der Waals surface area contributed by atoms with Gasteiger partial charge in [-0.3, -0.25) is 25.0 Å². The Kier molecular flexibility index (Phi) is 8.02. The number of allylic oxidation sites excluding steroid dienone is 1. The highest BCUT2D eigenvalue weighted by molar-refractivity contribution is 7.17. The lowest BCUT2D eigenvalue weighted by Crippen LogP contribution is -2.19. The summed E-state index contributed by atoms with van der Waals surface area (Å²) in [5, 5.41) is 39.7. The van der Waals surface area contributed by atoms with Crippen molar-refractivity contribution in [2.75, 3.05) is 5.32 Å². The molecule has 1 aromatic heterocycles. The molecule has 0 aliphatic rings. The number of aromatic hydroxyl groups is 1. The van der Waals surface area contributed by atoms with E-state index in [1.165, 1.54) is 47.7 Å². The Labute approximate surface area is 225 Å². The van der Waals surface area contributed by atoms with Crippen LogP contribution in [0.1, 0.15) is 26.5 Å². The number of amides is 1. The molecule has 0 bridgehead atoms. The number of benzene rings is 3. The number of thiazole rings is 1. The van der Waals surface area contributed by atoms with Gasteiger partial charge in [-0.2, -0.15) is 5.10 Å². The second-order valence-electron chi connectivity index (χ2n) is 8.00. The van der Waals surface area contributed by atoms with Crippen LogP contribution in [-0.4, -0.2) is 31.6 Å².